The highest BCUT2D eigenvalue weighted by Crippen LogP contribution is 2.26. The molecule has 0 radical (unpaired) electrons. The summed E-state index contributed by atoms with van der Waals surface area (Å²) in [6, 6.07) is 5.34. The van der Waals surface area contributed by atoms with Gasteiger partial charge in [0.05, 0.1) is 26.0 Å². The summed E-state index contributed by atoms with van der Waals surface area (Å²) in [6.45, 7) is 2.84. The summed E-state index contributed by atoms with van der Waals surface area (Å²) in [5, 5.41) is 0. The highest BCUT2D eigenvalue weighted by atomic mass is 16.5. The van der Waals surface area contributed by atoms with Crippen LogP contribution in [-0.4, -0.2) is 26.3 Å². The van der Waals surface area contributed by atoms with Gasteiger partial charge in [-0.05, 0) is 38.3 Å². The van der Waals surface area contributed by atoms with Crippen molar-refractivity contribution in [2.75, 3.05) is 26.1 Å². The van der Waals surface area contributed by atoms with E-state index in [-0.39, 0.29) is 5.97 Å². The number of benzene rings is 1. The Kier molecular flexibility index (Phi) is 7.32. The van der Waals surface area contributed by atoms with Crippen LogP contribution in [0.25, 0.3) is 0 Å². The van der Waals surface area contributed by atoms with E-state index in [1.165, 1.54) is 0 Å². The molecule has 1 rings (SSSR count). The molecular formula is C15H23NO4. The maximum absolute atomic E-state index is 11.1. The molecule has 112 valence electrons. The van der Waals surface area contributed by atoms with Crippen molar-refractivity contribution >= 4 is 11.7 Å². The lowest BCUT2D eigenvalue weighted by Crippen LogP contribution is -2.04. The van der Waals surface area contributed by atoms with E-state index in [1.54, 1.807) is 19.2 Å². The highest BCUT2D eigenvalue weighted by Gasteiger charge is 2.03. The van der Waals surface area contributed by atoms with Gasteiger partial charge in [-0.3, -0.25) is 4.79 Å². The van der Waals surface area contributed by atoms with Gasteiger partial charge in [-0.25, -0.2) is 0 Å². The fraction of sp³-hybridized carbons (Fsp3) is 0.533. The van der Waals surface area contributed by atoms with Crippen LogP contribution in [0.3, 0.4) is 0 Å². The van der Waals surface area contributed by atoms with Crippen LogP contribution in [0.4, 0.5) is 5.69 Å². The van der Waals surface area contributed by atoms with Gasteiger partial charge in [0.15, 0.2) is 0 Å². The molecule has 0 fully saturated rings. The number of rotatable bonds is 9. The Bertz CT molecular complexity index is 420. The average Bonchev–Trinajstić information content (AvgIpc) is 2.44. The van der Waals surface area contributed by atoms with E-state index >= 15 is 0 Å². The van der Waals surface area contributed by atoms with Crippen molar-refractivity contribution in [3.8, 4) is 11.5 Å². The van der Waals surface area contributed by atoms with Crippen molar-refractivity contribution in [3.05, 3.63) is 18.2 Å². The summed E-state index contributed by atoms with van der Waals surface area (Å²) < 4.78 is 15.5. The van der Waals surface area contributed by atoms with Crippen molar-refractivity contribution in [1.82, 2.24) is 0 Å². The lowest BCUT2D eigenvalue weighted by molar-refractivity contribution is -0.143. The molecule has 2 N–H and O–H groups in total. The third kappa shape index (κ3) is 5.82. The number of nitrogen functional groups attached to an aromatic ring is 1. The summed E-state index contributed by atoms with van der Waals surface area (Å²) >= 11 is 0. The van der Waals surface area contributed by atoms with Crippen LogP contribution >= 0.6 is 0 Å². The zero-order valence-corrected chi connectivity index (χ0v) is 12.2. The lowest BCUT2D eigenvalue weighted by atomic mass is 10.2. The molecule has 0 atom stereocenters. The van der Waals surface area contributed by atoms with Crippen molar-refractivity contribution in [3.63, 3.8) is 0 Å². The molecule has 20 heavy (non-hydrogen) atoms. The van der Waals surface area contributed by atoms with Gasteiger partial charge in [0, 0.05) is 12.5 Å². The second-order valence-corrected chi connectivity index (χ2v) is 4.37. The number of hydrogen-bond donors (Lipinski definition) is 1. The Hall–Kier alpha value is -1.91. The van der Waals surface area contributed by atoms with E-state index in [9.17, 15) is 4.79 Å². The Balaban J connectivity index is 2.17. The molecular weight excluding hydrogens is 258 g/mol. The van der Waals surface area contributed by atoms with Crippen molar-refractivity contribution < 1.29 is 19.0 Å². The molecule has 0 aromatic heterocycles. The first-order valence-electron chi connectivity index (χ1n) is 6.89. The molecule has 0 bridgehead atoms. The molecule has 5 nitrogen and oxygen atoms in total. The summed E-state index contributed by atoms with van der Waals surface area (Å²) in [6.07, 6.45) is 3.10. The topological polar surface area (TPSA) is 70.8 Å². The second kappa shape index (κ2) is 9.07. The van der Waals surface area contributed by atoms with E-state index in [2.05, 4.69) is 0 Å². The average molecular weight is 281 g/mol. The second-order valence-electron chi connectivity index (χ2n) is 4.37. The Labute approximate surface area is 120 Å². The molecule has 0 heterocycles. The molecule has 0 amide bonds. The number of methoxy groups -OCH3 is 1. The SMILES string of the molecule is CCOC(=O)CCCCCOc1ccc(OC)cc1N. The van der Waals surface area contributed by atoms with Crippen molar-refractivity contribution in [2.24, 2.45) is 0 Å². The number of anilines is 1. The Morgan fingerprint density at radius 1 is 1.25 bits per heavy atom. The predicted molar refractivity (Wildman–Crippen MR) is 78.0 cm³/mol. The van der Waals surface area contributed by atoms with Gasteiger partial charge in [0.2, 0.25) is 0 Å². The molecule has 0 aliphatic carbocycles. The summed E-state index contributed by atoms with van der Waals surface area (Å²) in [4.78, 5) is 11.1. The summed E-state index contributed by atoms with van der Waals surface area (Å²) in [7, 11) is 1.60. The lowest BCUT2D eigenvalue weighted by Gasteiger charge is -2.10. The van der Waals surface area contributed by atoms with Gasteiger partial charge in [-0.15, -0.1) is 0 Å². The van der Waals surface area contributed by atoms with Gasteiger partial charge >= 0.3 is 5.97 Å². The third-order valence-electron chi connectivity index (χ3n) is 2.81. The third-order valence-corrected chi connectivity index (χ3v) is 2.81. The number of esters is 1. The normalized spacial score (nSPS) is 10.1. The smallest absolute Gasteiger partial charge is 0.305 e. The predicted octanol–water partition coefficient (Wildman–Crippen LogP) is 2.78. The molecule has 0 aliphatic heterocycles. The van der Waals surface area contributed by atoms with Crippen molar-refractivity contribution in [1.29, 1.82) is 0 Å². The van der Waals surface area contributed by atoms with Crippen LogP contribution in [0.5, 0.6) is 11.5 Å². The summed E-state index contributed by atoms with van der Waals surface area (Å²) in [5.41, 5.74) is 6.41. The number of nitrogens with two attached hydrogens (primary N) is 1. The van der Waals surface area contributed by atoms with Gasteiger partial charge in [-0.2, -0.15) is 0 Å². The molecule has 1 aromatic rings. The minimum atomic E-state index is -0.132. The Morgan fingerprint density at radius 2 is 2.05 bits per heavy atom. The first-order chi connectivity index (χ1) is 9.67. The zero-order valence-electron chi connectivity index (χ0n) is 12.2. The van der Waals surface area contributed by atoms with E-state index in [0.717, 1.165) is 19.3 Å². The molecule has 1 aromatic carbocycles. The van der Waals surface area contributed by atoms with Crippen LogP contribution in [0, 0.1) is 0 Å². The number of hydrogen-bond acceptors (Lipinski definition) is 5. The molecule has 0 unspecified atom stereocenters. The van der Waals surface area contributed by atoms with Gasteiger partial charge in [0.1, 0.15) is 11.5 Å². The maximum atomic E-state index is 11.1. The van der Waals surface area contributed by atoms with E-state index in [1.807, 2.05) is 13.0 Å². The molecule has 0 spiro atoms. The highest BCUT2D eigenvalue weighted by molar-refractivity contribution is 5.69. The van der Waals surface area contributed by atoms with E-state index in [4.69, 9.17) is 19.9 Å². The quantitative estimate of drug-likeness (QED) is 0.428. The molecule has 0 aliphatic rings. The maximum Gasteiger partial charge on any atom is 0.305 e. The van der Waals surface area contributed by atoms with Crippen LogP contribution < -0.4 is 15.2 Å². The van der Waals surface area contributed by atoms with E-state index < -0.39 is 0 Å². The first-order valence-corrected chi connectivity index (χ1v) is 6.89. The monoisotopic (exact) mass is 281 g/mol. The number of ether oxygens (including phenoxy) is 3. The summed E-state index contributed by atoms with van der Waals surface area (Å²) in [5.74, 6) is 1.24. The minimum Gasteiger partial charge on any atom is -0.497 e. The number of unbranched alkanes of at least 4 members (excludes halogenated alkanes) is 2. The van der Waals surface area contributed by atoms with Gasteiger partial charge in [-0.1, -0.05) is 0 Å². The van der Waals surface area contributed by atoms with Crippen LogP contribution in [-0.2, 0) is 9.53 Å². The Morgan fingerprint density at radius 3 is 2.70 bits per heavy atom. The molecule has 0 saturated heterocycles. The number of carbonyl (C=O) groups is 1. The zero-order chi connectivity index (χ0) is 14.8. The van der Waals surface area contributed by atoms with Gasteiger partial charge < -0.3 is 19.9 Å². The van der Waals surface area contributed by atoms with Crippen molar-refractivity contribution in [2.45, 2.75) is 32.6 Å². The molecule has 5 heteroatoms. The minimum absolute atomic E-state index is 0.132. The first kappa shape index (κ1) is 16.1. The largest absolute Gasteiger partial charge is 0.497 e. The standard InChI is InChI=1S/C15H23NO4/c1-3-19-15(17)7-5-4-6-10-20-14-9-8-12(18-2)11-13(14)16/h8-9,11H,3-7,10,16H2,1-2H3. The van der Waals surface area contributed by atoms with Crippen LogP contribution in [0.15, 0.2) is 18.2 Å². The fourth-order valence-corrected chi connectivity index (χ4v) is 1.75. The van der Waals surface area contributed by atoms with E-state index in [0.29, 0.717) is 36.8 Å². The van der Waals surface area contributed by atoms with Gasteiger partial charge in [0.25, 0.3) is 0 Å². The van der Waals surface area contributed by atoms with Crippen LogP contribution in [0.1, 0.15) is 32.6 Å². The van der Waals surface area contributed by atoms with Crippen LogP contribution in [0.2, 0.25) is 0 Å². The molecule has 0 saturated carbocycles. The fourth-order valence-electron chi connectivity index (χ4n) is 1.75. The number of carbonyl (C=O) groups excluding carboxylic acids is 1.